The second kappa shape index (κ2) is 2.05. The third-order valence-electron chi connectivity index (χ3n) is 1.26. The predicted molar refractivity (Wildman–Crippen MR) is 37.1 cm³/mol. The lowest BCUT2D eigenvalue weighted by Crippen LogP contribution is -2.07. The van der Waals surface area contributed by atoms with Crippen molar-refractivity contribution in [3.63, 3.8) is 0 Å². The molecule has 1 aliphatic carbocycles. The molecule has 0 saturated heterocycles. The van der Waals surface area contributed by atoms with Crippen LogP contribution in [0.1, 0.15) is 0 Å². The highest BCUT2D eigenvalue weighted by Crippen LogP contribution is 2.20. The maximum Gasteiger partial charge on any atom is 0.147 e. The third kappa shape index (κ3) is 0.949. The van der Waals surface area contributed by atoms with E-state index >= 15 is 0 Å². The summed E-state index contributed by atoms with van der Waals surface area (Å²) in [5, 5.41) is 10.6. The smallest absolute Gasteiger partial charge is 0.147 e. The zero-order chi connectivity index (χ0) is 7.72. The van der Waals surface area contributed by atoms with Crippen LogP contribution >= 0.6 is 0 Å². The molecule has 0 atom stereocenters. The van der Waals surface area contributed by atoms with Crippen molar-refractivity contribution in [2.45, 2.75) is 0 Å². The van der Waals surface area contributed by atoms with Crippen molar-refractivity contribution >= 4 is 0 Å². The lowest BCUT2D eigenvalue weighted by Gasteiger charge is -2.06. The Hall–Kier alpha value is -1.46. The van der Waals surface area contributed by atoms with Crippen LogP contribution in [0.4, 0.5) is 0 Å². The van der Waals surface area contributed by atoms with Gasteiger partial charge in [-0.25, -0.2) is 0 Å². The van der Waals surface area contributed by atoms with E-state index in [4.69, 9.17) is 0 Å². The molecular formula is C9H6O. The lowest BCUT2D eigenvalue weighted by molar-refractivity contribution is -0.297. The van der Waals surface area contributed by atoms with Crippen LogP contribution < -0.4 is 5.11 Å². The Labute approximate surface area is 60.7 Å². The Morgan fingerprint density at radius 3 is 2.60 bits per heavy atom. The predicted octanol–water partition coefficient (Wildman–Crippen LogP) is 0.723. The van der Waals surface area contributed by atoms with Gasteiger partial charge in [0.2, 0.25) is 0 Å². The van der Waals surface area contributed by atoms with E-state index in [1.54, 1.807) is 0 Å². The zero-order valence-corrected chi connectivity index (χ0v) is 5.53. The first-order valence-electron chi connectivity index (χ1n) is 2.76. The molecule has 0 radical (unpaired) electrons. The SMILES string of the molecule is C=C1[C-]=C([O-])[C+]=C([CH2+])C1=C. The van der Waals surface area contributed by atoms with E-state index in [0.717, 1.165) is 0 Å². The van der Waals surface area contributed by atoms with Crippen molar-refractivity contribution in [3.05, 3.63) is 54.7 Å². The summed E-state index contributed by atoms with van der Waals surface area (Å²) in [4.78, 5) is 0. The summed E-state index contributed by atoms with van der Waals surface area (Å²) in [5.74, 6) is -0.303. The first-order chi connectivity index (χ1) is 4.61. The van der Waals surface area contributed by atoms with Crippen LogP contribution in [-0.4, -0.2) is 0 Å². The summed E-state index contributed by atoms with van der Waals surface area (Å²) in [6.07, 6.45) is 4.91. The number of allylic oxidation sites excluding steroid dienone is 5. The molecule has 0 saturated carbocycles. The van der Waals surface area contributed by atoms with E-state index in [1.165, 1.54) is 0 Å². The fourth-order valence-corrected chi connectivity index (χ4v) is 0.638. The molecule has 0 aromatic heterocycles. The van der Waals surface area contributed by atoms with Gasteiger partial charge < -0.3 is 5.11 Å². The molecule has 1 rings (SSSR count). The van der Waals surface area contributed by atoms with Gasteiger partial charge in [0, 0.05) is 6.08 Å². The molecule has 0 amide bonds. The minimum absolute atomic E-state index is 0.303. The van der Waals surface area contributed by atoms with Crippen molar-refractivity contribution in [1.82, 2.24) is 0 Å². The molecule has 10 heavy (non-hydrogen) atoms. The second-order valence-corrected chi connectivity index (χ2v) is 2.01. The van der Waals surface area contributed by atoms with E-state index in [1.807, 2.05) is 0 Å². The van der Waals surface area contributed by atoms with Crippen LogP contribution in [0, 0.1) is 19.1 Å². The normalized spacial score (nSPS) is 17.6. The minimum Gasteiger partial charge on any atom is -0.850 e. The number of hydrogen-bond acceptors (Lipinski definition) is 1. The quantitative estimate of drug-likeness (QED) is 0.443. The summed E-state index contributed by atoms with van der Waals surface area (Å²) >= 11 is 0. The minimum atomic E-state index is -0.303. The lowest BCUT2D eigenvalue weighted by atomic mass is 9.96. The fraction of sp³-hybridized carbons (Fsp3) is 0. The monoisotopic (exact) mass is 130 g/mol. The largest absolute Gasteiger partial charge is 0.850 e. The molecule has 48 valence electrons. The van der Waals surface area contributed by atoms with Crippen LogP contribution in [0.2, 0.25) is 0 Å². The topological polar surface area (TPSA) is 23.1 Å². The molecule has 1 aliphatic rings. The Morgan fingerprint density at radius 2 is 2.10 bits per heavy atom. The Morgan fingerprint density at radius 1 is 1.50 bits per heavy atom. The molecule has 0 N–H and O–H groups in total. The van der Waals surface area contributed by atoms with Gasteiger partial charge in [-0.2, -0.15) is 0 Å². The summed E-state index contributed by atoms with van der Waals surface area (Å²) in [6.45, 7) is 10.8. The van der Waals surface area contributed by atoms with Gasteiger partial charge in [0.05, 0.1) is 16.9 Å². The van der Waals surface area contributed by atoms with E-state index in [-0.39, 0.29) is 5.76 Å². The van der Waals surface area contributed by atoms with Gasteiger partial charge in [0.25, 0.3) is 0 Å². The van der Waals surface area contributed by atoms with E-state index < -0.39 is 0 Å². The van der Waals surface area contributed by atoms with E-state index in [2.05, 4.69) is 32.2 Å². The fourth-order valence-electron chi connectivity index (χ4n) is 0.638. The molecule has 0 fully saturated rings. The molecule has 0 aliphatic heterocycles. The maximum atomic E-state index is 10.6. The Bertz CT molecular complexity index is 251. The van der Waals surface area contributed by atoms with Crippen molar-refractivity contribution in [2.75, 3.05) is 0 Å². The highest BCUT2D eigenvalue weighted by atomic mass is 16.3. The van der Waals surface area contributed by atoms with Crippen molar-refractivity contribution in [2.24, 2.45) is 0 Å². The average Bonchev–Trinajstić information content (AvgIpc) is 1.82. The number of rotatable bonds is 0. The summed E-state index contributed by atoms with van der Waals surface area (Å²) in [6, 6.07) is 0. The molecule has 0 bridgehead atoms. The van der Waals surface area contributed by atoms with E-state index in [9.17, 15) is 5.11 Å². The molecule has 0 aromatic carbocycles. The number of hydrogen-bond donors (Lipinski definition) is 0. The molecule has 1 heteroatoms. The standard InChI is InChI=1S/C9H6O/c1-6-4-9(10)5-7(2)8(6)3/h1-3H2. The third-order valence-corrected chi connectivity index (χ3v) is 1.26. The van der Waals surface area contributed by atoms with Crippen LogP contribution in [0.5, 0.6) is 0 Å². The molecule has 0 heterocycles. The second-order valence-electron chi connectivity index (χ2n) is 2.01. The summed E-state index contributed by atoms with van der Waals surface area (Å²) < 4.78 is 0. The molecular weight excluding hydrogens is 124 g/mol. The van der Waals surface area contributed by atoms with Crippen LogP contribution in [0.25, 0.3) is 0 Å². The molecule has 0 aromatic rings. The first-order valence-corrected chi connectivity index (χ1v) is 2.76. The molecule has 0 unspecified atom stereocenters. The Kier molecular flexibility index (Phi) is 1.37. The van der Waals surface area contributed by atoms with Crippen molar-refractivity contribution in [3.8, 4) is 0 Å². The highest BCUT2D eigenvalue weighted by Gasteiger charge is 2.14. The van der Waals surface area contributed by atoms with E-state index in [0.29, 0.717) is 16.7 Å². The summed E-state index contributed by atoms with van der Waals surface area (Å²) in [7, 11) is 0. The van der Waals surface area contributed by atoms with Gasteiger partial charge in [0.15, 0.2) is 0 Å². The zero-order valence-electron chi connectivity index (χ0n) is 5.53. The van der Waals surface area contributed by atoms with Crippen LogP contribution in [-0.2, 0) is 0 Å². The van der Waals surface area contributed by atoms with Gasteiger partial charge in [-0.05, 0) is 13.5 Å². The molecule has 1 nitrogen and oxygen atoms in total. The summed E-state index contributed by atoms with van der Waals surface area (Å²) in [5.41, 5.74) is 1.65. The van der Waals surface area contributed by atoms with Gasteiger partial charge in [-0.3, -0.25) is 0 Å². The van der Waals surface area contributed by atoms with Gasteiger partial charge in [0.1, 0.15) is 11.6 Å². The average molecular weight is 130 g/mol. The molecule has 0 spiro atoms. The van der Waals surface area contributed by atoms with Crippen LogP contribution in [0.3, 0.4) is 0 Å². The maximum absolute atomic E-state index is 10.6. The highest BCUT2D eigenvalue weighted by molar-refractivity contribution is 5.51. The van der Waals surface area contributed by atoms with Crippen LogP contribution in [0.15, 0.2) is 35.6 Å². The van der Waals surface area contributed by atoms with Crippen molar-refractivity contribution in [1.29, 1.82) is 0 Å². The van der Waals surface area contributed by atoms with Crippen molar-refractivity contribution < 1.29 is 5.11 Å². The first kappa shape index (κ1) is 6.66. The van der Waals surface area contributed by atoms with Gasteiger partial charge >= 0.3 is 0 Å². The van der Waals surface area contributed by atoms with Gasteiger partial charge in [-0.15, -0.1) is 0 Å². The Balaban J connectivity index is 3.07. The van der Waals surface area contributed by atoms with Gasteiger partial charge in [-0.1, -0.05) is 6.58 Å².